The molecule has 0 aromatic carbocycles. The Kier molecular flexibility index (Phi) is 14.0. The Balaban J connectivity index is 3.58. The molecule has 130 valence electrons. The quantitative estimate of drug-likeness (QED) is 0.362. The molecule has 1 atom stereocenters. The first kappa shape index (κ1) is 20.9. The van der Waals surface area contributed by atoms with Crippen molar-refractivity contribution < 1.29 is 28.5 Å². The molecule has 6 nitrogen and oxygen atoms in total. The molecule has 0 aliphatic rings. The smallest absolute Gasteiger partial charge is 0.308 e. The molecular weight excluding hydrogens is 288 g/mol. The normalized spacial score (nSPS) is 12.0. The van der Waals surface area contributed by atoms with E-state index in [-0.39, 0.29) is 24.3 Å². The van der Waals surface area contributed by atoms with Crippen molar-refractivity contribution in [1.82, 2.24) is 0 Å². The fourth-order valence-corrected chi connectivity index (χ4v) is 1.72. The monoisotopic (exact) mass is 318 g/mol. The minimum absolute atomic E-state index is 0.240. The molecule has 0 N–H and O–H groups in total. The number of carbonyl (C=O) groups excluding carboxylic acids is 2. The third-order valence-electron chi connectivity index (χ3n) is 3.18. The van der Waals surface area contributed by atoms with Crippen LogP contribution in [0.1, 0.15) is 45.4 Å². The van der Waals surface area contributed by atoms with Crippen LogP contribution in [0.25, 0.3) is 0 Å². The van der Waals surface area contributed by atoms with Crippen LogP contribution in [0.5, 0.6) is 0 Å². The average Bonchev–Trinajstić information content (AvgIpc) is 2.52. The molecular formula is C16H30O6. The number of methoxy groups -OCH3 is 2. The molecule has 6 heteroatoms. The predicted molar refractivity (Wildman–Crippen MR) is 82.5 cm³/mol. The maximum atomic E-state index is 11.7. The Bertz CT molecular complexity index is 292. The van der Waals surface area contributed by atoms with E-state index in [1.54, 1.807) is 21.1 Å². The zero-order valence-electron chi connectivity index (χ0n) is 14.1. The average molecular weight is 318 g/mol. The number of unbranched alkanes of at least 4 members (excludes halogenated alkanes) is 2. The molecule has 0 heterocycles. The summed E-state index contributed by atoms with van der Waals surface area (Å²) in [5, 5.41) is 0. The maximum Gasteiger partial charge on any atom is 0.308 e. The van der Waals surface area contributed by atoms with Crippen LogP contribution >= 0.6 is 0 Å². The minimum Gasteiger partial charge on any atom is -0.466 e. The molecule has 22 heavy (non-hydrogen) atoms. The van der Waals surface area contributed by atoms with Gasteiger partial charge < -0.3 is 18.9 Å². The van der Waals surface area contributed by atoms with Crippen LogP contribution in [0, 0.1) is 5.92 Å². The van der Waals surface area contributed by atoms with Crippen molar-refractivity contribution in [2.24, 2.45) is 5.92 Å². The van der Waals surface area contributed by atoms with Gasteiger partial charge in [-0.15, -0.1) is 0 Å². The summed E-state index contributed by atoms with van der Waals surface area (Å²) in [5.74, 6) is -0.814. The highest BCUT2D eigenvalue weighted by Gasteiger charge is 2.16. The van der Waals surface area contributed by atoms with Crippen LogP contribution in [0.2, 0.25) is 0 Å². The first-order valence-corrected chi connectivity index (χ1v) is 7.92. The Morgan fingerprint density at radius 2 is 1.32 bits per heavy atom. The topological polar surface area (TPSA) is 71.1 Å². The van der Waals surface area contributed by atoms with Crippen LogP contribution in [0.4, 0.5) is 0 Å². The molecule has 0 spiro atoms. The summed E-state index contributed by atoms with van der Waals surface area (Å²) in [6, 6.07) is 0. The van der Waals surface area contributed by atoms with Gasteiger partial charge in [0.2, 0.25) is 0 Å². The van der Waals surface area contributed by atoms with Gasteiger partial charge in [0.25, 0.3) is 0 Å². The van der Waals surface area contributed by atoms with E-state index in [0.717, 1.165) is 25.7 Å². The number of ether oxygens (including phenoxy) is 4. The summed E-state index contributed by atoms with van der Waals surface area (Å²) < 4.78 is 20.1. The summed E-state index contributed by atoms with van der Waals surface area (Å²) in [6.07, 6.45) is 4.01. The fraction of sp³-hybridized carbons (Fsp3) is 0.875. The van der Waals surface area contributed by atoms with Gasteiger partial charge in [-0.05, 0) is 32.1 Å². The Hall–Kier alpha value is -1.14. The number of hydrogen-bond donors (Lipinski definition) is 0. The molecule has 0 aliphatic heterocycles. The van der Waals surface area contributed by atoms with Gasteiger partial charge in [-0.2, -0.15) is 0 Å². The van der Waals surface area contributed by atoms with Crippen molar-refractivity contribution in [2.45, 2.75) is 45.4 Å². The second-order valence-corrected chi connectivity index (χ2v) is 5.23. The van der Waals surface area contributed by atoms with Gasteiger partial charge in [-0.25, -0.2) is 0 Å². The van der Waals surface area contributed by atoms with Gasteiger partial charge in [0.05, 0.1) is 19.1 Å². The highest BCUT2D eigenvalue weighted by Crippen LogP contribution is 2.09. The molecule has 0 amide bonds. The summed E-state index contributed by atoms with van der Waals surface area (Å²) >= 11 is 0. The van der Waals surface area contributed by atoms with E-state index in [2.05, 4.69) is 0 Å². The van der Waals surface area contributed by atoms with Gasteiger partial charge in [-0.1, -0.05) is 6.92 Å². The van der Waals surface area contributed by atoms with Gasteiger partial charge in [0.15, 0.2) is 0 Å². The highest BCUT2D eigenvalue weighted by atomic mass is 16.5. The summed E-state index contributed by atoms with van der Waals surface area (Å²) in [7, 11) is 3.29. The third kappa shape index (κ3) is 12.6. The molecule has 0 radical (unpaired) electrons. The molecule has 0 aromatic rings. The van der Waals surface area contributed by atoms with Crippen molar-refractivity contribution in [3.63, 3.8) is 0 Å². The summed E-state index contributed by atoms with van der Waals surface area (Å²) in [6.45, 7) is 3.91. The van der Waals surface area contributed by atoms with Gasteiger partial charge in [0, 0.05) is 33.9 Å². The Morgan fingerprint density at radius 3 is 1.86 bits per heavy atom. The molecule has 0 saturated heterocycles. The standard InChI is InChI=1S/C16H30O6/c1-14(16(18)22-13-7-5-11-20-3)8-9-15(17)21-12-6-4-10-19-2/h14H,4-13H2,1-3H3. The van der Waals surface area contributed by atoms with Crippen LogP contribution < -0.4 is 0 Å². The van der Waals surface area contributed by atoms with E-state index in [1.807, 2.05) is 0 Å². The first-order valence-electron chi connectivity index (χ1n) is 7.92. The van der Waals surface area contributed by atoms with E-state index in [1.165, 1.54) is 0 Å². The van der Waals surface area contributed by atoms with E-state index in [9.17, 15) is 9.59 Å². The van der Waals surface area contributed by atoms with Crippen LogP contribution in [0.3, 0.4) is 0 Å². The van der Waals surface area contributed by atoms with Gasteiger partial charge in [-0.3, -0.25) is 9.59 Å². The Labute approximate surface area is 133 Å². The molecule has 0 bridgehead atoms. The second-order valence-electron chi connectivity index (χ2n) is 5.23. The van der Waals surface area contributed by atoms with Crippen molar-refractivity contribution in [1.29, 1.82) is 0 Å². The second kappa shape index (κ2) is 14.8. The van der Waals surface area contributed by atoms with Crippen molar-refractivity contribution >= 4 is 11.9 Å². The minimum atomic E-state index is -0.288. The number of hydrogen-bond acceptors (Lipinski definition) is 6. The highest BCUT2D eigenvalue weighted by molar-refractivity contribution is 5.74. The van der Waals surface area contributed by atoms with Crippen LogP contribution in [-0.2, 0) is 28.5 Å². The van der Waals surface area contributed by atoms with Gasteiger partial charge in [0.1, 0.15) is 0 Å². The zero-order chi connectivity index (χ0) is 16.6. The van der Waals surface area contributed by atoms with Crippen molar-refractivity contribution in [3.05, 3.63) is 0 Å². The lowest BCUT2D eigenvalue weighted by Crippen LogP contribution is -2.17. The van der Waals surface area contributed by atoms with E-state index in [0.29, 0.717) is 32.8 Å². The molecule has 0 fully saturated rings. The number of carbonyl (C=O) groups is 2. The van der Waals surface area contributed by atoms with E-state index in [4.69, 9.17) is 18.9 Å². The van der Waals surface area contributed by atoms with Crippen LogP contribution in [-0.4, -0.2) is 52.6 Å². The van der Waals surface area contributed by atoms with Crippen LogP contribution in [0.15, 0.2) is 0 Å². The predicted octanol–water partition coefficient (Wildman–Crippen LogP) is 2.34. The third-order valence-corrected chi connectivity index (χ3v) is 3.18. The maximum absolute atomic E-state index is 11.7. The molecule has 0 rings (SSSR count). The SMILES string of the molecule is COCCCCOC(=O)CCC(C)C(=O)OCCCCOC. The van der Waals surface area contributed by atoms with E-state index < -0.39 is 0 Å². The molecule has 1 unspecified atom stereocenters. The zero-order valence-corrected chi connectivity index (χ0v) is 14.1. The molecule has 0 saturated carbocycles. The summed E-state index contributed by atoms with van der Waals surface area (Å²) in [4.78, 5) is 23.2. The fourth-order valence-electron chi connectivity index (χ4n) is 1.72. The number of esters is 2. The largest absolute Gasteiger partial charge is 0.466 e. The number of rotatable bonds is 14. The van der Waals surface area contributed by atoms with E-state index >= 15 is 0 Å². The van der Waals surface area contributed by atoms with Crippen molar-refractivity contribution in [3.8, 4) is 0 Å². The lowest BCUT2D eigenvalue weighted by atomic mass is 10.1. The van der Waals surface area contributed by atoms with Gasteiger partial charge >= 0.3 is 11.9 Å². The first-order chi connectivity index (χ1) is 10.6. The lowest BCUT2D eigenvalue weighted by molar-refractivity contribution is -0.149. The lowest BCUT2D eigenvalue weighted by Gasteiger charge is -2.11. The molecule has 0 aliphatic carbocycles. The van der Waals surface area contributed by atoms with Crippen molar-refractivity contribution in [2.75, 3.05) is 40.6 Å². The Morgan fingerprint density at radius 1 is 0.818 bits per heavy atom. The molecule has 0 aromatic heterocycles. The summed E-state index contributed by atoms with van der Waals surface area (Å²) in [5.41, 5.74) is 0.